The number of rotatable bonds is 7. The van der Waals surface area contributed by atoms with Crippen LogP contribution in [0.5, 0.6) is 0 Å². The molecule has 0 saturated heterocycles. The van der Waals surface area contributed by atoms with Gasteiger partial charge < -0.3 is 5.32 Å². The molecule has 0 aliphatic heterocycles. The smallest absolute Gasteiger partial charge is 0.148 e. The molecule has 0 aromatic carbocycles. The van der Waals surface area contributed by atoms with Gasteiger partial charge in [0.1, 0.15) is 9.84 Å². The first-order valence-electron chi connectivity index (χ1n) is 5.04. The summed E-state index contributed by atoms with van der Waals surface area (Å²) < 4.78 is 33.6. The van der Waals surface area contributed by atoms with Crippen LogP contribution in [0.25, 0.3) is 0 Å². The van der Waals surface area contributed by atoms with Crippen molar-refractivity contribution in [3.05, 3.63) is 0 Å². The molecule has 92 valence electrons. The predicted octanol–water partition coefficient (Wildman–Crippen LogP) is 0.166. The summed E-state index contributed by atoms with van der Waals surface area (Å²) >= 11 is 0. The largest absolute Gasteiger partial charge is 0.316 e. The fourth-order valence-electron chi connectivity index (χ4n) is 1.37. The lowest BCUT2D eigenvalue weighted by Crippen LogP contribution is -2.39. The van der Waals surface area contributed by atoms with Crippen molar-refractivity contribution >= 4 is 20.6 Å². The average molecular weight is 255 g/mol. The zero-order chi connectivity index (χ0) is 12.1. The van der Waals surface area contributed by atoms with E-state index in [2.05, 4.69) is 5.32 Å². The highest BCUT2D eigenvalue weighted by Crippen LogP contribution is 2.06. The van der Waals surface area contributed by atoms with E-state index in [4.69, 9.17) is 0 Å². The lowest BCUT2D eigenvalue weighted by atomic mass is 10.2. The Bertz CT molecular complexity index is 296. The standard InChI is InChI=1S/C9H21NO3S2/c1-5-9(10-3)8(2)14(11)6-7-15(4,12)13/h8-10H,5-7H2,1-4H3. The van der Waals surface area contributed by atoms with Crippen molar-refractivity contribution in [2.24, 2.45) is 0 Å². The van der Waals surface area contributed by atoms with Crippen LogP contribution in [-0.2, 0) is 20.6 Å². The van der Waals surface area contributed by atoms with Gasteiger partial charge in [-0.25, -0.2) is 8.42 Å². The molecule has 0 amide bonds. The van der Waals surface area contributed by atoms with E-state index in [0.717, 1.165) is 6.42 Å². The van der Waals surface area contributed by atoms with Gasteiger partial charge in [0.2, 0.25) is 0 Å². The topological polar surface area (TPSA) is 63.2 Å². The molecular weight excluding hydrogens is 234 g/mol. The molecule has 4 nitrogen and oxygen atoms in total. The summed E-state index contributed by atoms with van der Waals surface area (Å²) in [4.78, 5) is 0. The Balaban J connectivity index is 4.21. The van der Waals surface area contributed by atoms with Gasteiger partial charge in [0.05, 0.1) is 5.75 Å². The van der Waals surface area contributed by atoms with Crippen LogP contribution < -0.4 is 5.32 Å². The summed E-state index contributed by atoms with van der Waals surface area (Å²) in [7, 11) is -2.26. The molecule has 0 radical (unpaired) electrons. The monoisotopic (exact) mass is 255 g/mol. The summed E-state index contributed by atoms with van der Waals surface area (Å²) in [6, 6.07) is 0.186. The molecule has 3 unspecified atom stereocenters. The number of nitrogens with one attached hydrogen (secondary N) is 1. The minimum Gasteiger partial charge on any atom is -0.316 e. The Morgan fingerprint density at radius 1 is 1.40 bits per heavy atom. The van der Waals surface area contributed by atoms with Gasteiger partial charge in [-0.3, -0.25) is 4.21 Å². The highest BCUT2D eigenvalue weighted by Gasteiger charge is 2.20. The maximum Gasteiger partial charge on any atom is 0.148 e. The normalized spacial score (nSPS) is 18.4. The van der Waals surface area contributed by atoms with E-state index < -0.39 is 20.6 Å². The zero-order valence-electron chi connectivity index (χ0n) is 9.82. The molecule has 0 bridgehead atoms. The number of hydrogen-bond donors (Lipinski definition) is 1. The number of hydrogen-bond acceptors (Lipinski definition) is 4. The maximum absolute atomic E-state index is 11.8. The molecule has 0 fully saturated rings. The van der Waals surface area contributed by atoms with E-state index in [1.54, 1.807) is 0 Å². The third kappa shape index (κ3) is 6.27. The Morgan fingerprint density at radius 2 is 1.93 bits per heavy atom. The molecule has 0 rings (SSSR count). The number of sulfone groups is 1. The summed E-state index contributed by atoms with van der Waals surface area (Å²) in [6.07, 6.45) is 2.06. The van der Waals surface area contributed by atoms with Crippen molar-refractivity contribution in [1.29, 1.82) is 0 Å². The van der Waals surface area contributed by atoms with Gasteiger partial charge in [-0.2, -0.15) is 0 Å². The van der Waals surface area contributed by atoms with Crippen LogP contribution in [0.1, 0.15) is 20.3 Å². The highest BCUT2D eigenvalue weighted by molar-refractivity contribution is 7.92. The van der Waals surface area contributed by atoms with Gasteiger partial charge in [0, 0.05) is 34.1 Å². The van der Waals surface area contributed by atoms with Crippen molar-refractivity contribution in [1.82, 2.24) is 5.32 Å². The Hall–Kier alpha value is 0.0600. The molecule has 1 N–H and O–H groups in total. The Labute approximate surface area is 95.2 Å². The van der Waals surface area contributed by atoms with E-state index in [-0.39, 0.29) is 22.8 Å². The van der Waals surface area contributed by atoms with Crippen molar-refractivity contribution in [2.45, 2.75) is 31.6 Å². The maximum atomic E-state index is 11.8. The van der Waals surface area contributed by atoms with Gasteiger partial charge in [-0.15, -0.1) is 0 Å². The van der Waals surface area contributed by atoms with Crippen LogP contribution in [0, 0.1) is 0 Å². The molecular formula is C9H21NO3S2. The van der Waals surface area contributed by atoms with Crippen LogP contribution in [0.2, 0.25) is 0 Å². The lowest BCUT2D eigenvalue weighted by molar-refractivity contribution is 0.529. The van der Waals surface area contributed by atoms with Crippen LogP contribution >= 0.6 is 0 Å². The summed E-state index contributed by atoms with van der Waals surface area (Å²) in [5.74, 6) is 0.238. The first-order valence-corrected chi connectivity index (χ1v) is 8.48. The first kappa shape index (κ1) is 15.1. The van der Waals surface area contributed by atoms with Gasteiger partial charge in [0.25, 0.3) is 0 Å². The van der Waals surface area contributed by atoms with Gasteiger partial charge in [-0.1, -0.05) is 6.92 Å². The molecule has 0 aromatic heterocycles. The van der Waals surface area contributed by atoms with Gasteiger partial charge in [0.15, 0.2) is 0 Å². The molecule has 0 spiro atoms. The van der Waals surface area contributed by atoms with Gasteiger partial charge in [-0.05, 0) is 20.4 Å². The SMILES string of the molecule is CCC(NC)C(C)S(=O)CCS(C)(=O)=O. The third-order valence-corrected chi connectivity index (χ3v) is 5.42. The Morgan fingerprint density at radius 3 is 2.27 bits per heavy atom. The van der Waals surface area contributed by atoms with Crippen molar-refractivity contribution in [3.63, 3.8) is 0 Å². The van der Waals surface area contributed by atoms with E-state index in [0.29, 0.717) is 0 Å². The molecule has 0 aliphatic rings. The van der Waals surface area contributed by atoms with Crippen LogP contribution in [0.3, 0.4) is 0 Å². The second kappa shape index (κ2) is 6.60. The molecule has 15 heavy (non-hydrogen) atoms. The zero-order valence-corrected chi connectivity index (χ0v) is 11.5. The molecule has 0 heterocycles. The lowest BCUT2D eigenvalue weighted by Gasteiger charge is -2.21. The summed E-state index contributed by atoms with van der Waals surface area (Å²) in [6.45, 7) is 3.91. The van der Waals surface area contributed by atoms with Crippen LogP contribution in [0.15, 0.2) is 0 Å². The first-order chi connectivity index (χ1) is 6.81. The molecule has 6 heteroatoms. The van der Waals surface area contributed by atoms with E-state index in [1.165, 1.54) is 6.26 Å². The molecule has 0 aromatic rings. The molecule has 0 saturated carbocycles. The van der Waals surface area contributed by atoms with Crippen molar-refractivity contribution in [2.75, 3.05) is 24.8 Å². The fraction of sp³-hybridized carbons (Fsp3) is 1.00. The summed E-state index contributed by atoms with van der Waals surface area (Å²) in [5, 5.41) is 3.07. The quantitative estimate of drug-likeness (QED) is 0.704. The minimum absolute atomic E-state index is 0.00407. The second-order valence-corrected chi connectivity index (χ2v) is 7.90. The predicted molar refractivity (Wildman–Crippen MR) is 65.3 cm³/mol. The molecule has 0 aliphatic carbocycles. The molecule has 3 atom stereocenters. The van der Waals surface area contributed by atoms with E-state index in [1.807, 2.05) is 20.9 Å². The van der Waals surface area contributed by atoms with E-state index in [9.17, 15) is 12.6 Å². The van der Waals surface area contributed by atoms with Gasteiger partial charge >= 0.3 is 0 Å². The Kier molecular flexibility index (Phi) is 6.63. The van der Waals surface area contributed by atoms with Crippen LogP contribution in [0.4, 0.5) is 0 Å². The highest BCUT2D eigenvalue weighted by atomic mass is 32.2. The average Bonchev–Trinajstić information content (AvgIpc) is 2.14. The van der Waals surface area contributed by atoms with Crippen LogP contribution in [-0.4, -0.2) is 48.7 Å². The van der Waals surface area contributed by atoms with Crippen molar-refractivity contribution in [3.8, 4) is 0 Å². The third-order valence-electron chi connectivity index (χ3n) is 2.45. The van der Waals surface area contributed by atoms with Crippen molar-refractivity contribution < 1.29 is 12.6 Å². The summed E-state index contributed by atoms with van der Waals surface area (Å²) in [5.41, 5.74) is 0. The van der Waals surface area contributed by atoms with E-state index >= 15 is 0 Å². The second-order valence-electron chi connectivity index (χ2n) is 3.72. The minimum atomic E-state index is -3.01. The fourth-order valence-corrected chi connectivity index (χ4v) is 4.31.